The average Bonchev–Trinajstić information content (AvgIpc) is 2.35. The van der Waals surface area contributed by atoms with Crippen molar-refractivity contribution in [2.75, 3.05) is 39.0 Å². The molecule has 6 nitrogen and oxygen atoms in total. The number of hydrogen-bond acceptors (Lipinski definition) is 5. The summed E-state index contributed by atoms with van der Waals surface area (Å²) >= 11 is 0. The van der Waals surface area contributed by atoms with E-state index in [9.17, 15) is 8.42 Å². The molecular formula is C14H23N3O3S. The largest absolute Gasteiger partial charge is 0.399 e. The summed E-state index contributed by atoms with van der Waals surface area (Å²) in [4.78, 5) is 2.43. The van der Waals surface area contributed by atoms with Crippen molar-refractivity contribution in [1.82, 2.24) is 9.62 Å². The maximum Gasteiger partial charge on any atom is 0.241 e. The number of ether oxygens (including phenoxy) is 1. The summed E-state index contributed by atoms with van der Waals surface area (Å²) in [6, 6.07) is 3.35. The average molecular weight is 313 g/mol. The summed E-state index contributed by atoms with van der Waals surface area (Å²) in [7, 11) is -1.56. The molecule has 1 saturated heterocycles. The Morgan fingerprint density at radius 2 is 2.00 bits per heavy atom. The lowest BCUT2D eigenvalue weighted by molar-refractivity contribution is -0.0156. The number of likely N-dealkylation sites (N-methyl/N-ethyl adjacent to an activating group) is 1. The Balaban J connectivity index is 2.12. The molecule has 1 aliphatic heterocycles. The van der Waals surface area contributed by atoms with E-state index in [1.807, 2.05) is 7.05 Å². The number of morpholine rings is 1. The number of benzene rings is 1. The molecule has 1 heterocycles. The van der Waals surface area contributed by atoms with Gasteiger partial charge < -0.3 is 15.4 Å². The van der Waals surface area contributed by atoms with Crippen molar-refractivity contribution in [3.05, 3.63) is 23.3 Å². The summed E-state index contributed by atoms with van der Waals surface area (Å²) in [5.41, 5.74) is 7.62. The van der Waals surface area contributed by atoms with E-state index in [4.69, 9.17) is 10.5 Å². The number of nitrogen functional groups attached to an aromatic ring is 1. The predicted octanol–water partition coefficient (Wildman–Crippen LogP) is 0.495. The first-order valence-electron chi connectivity index (χ1n) is 6.96. The highest BCUT2D eigenvalue weighted by atomic mass is 32.2. The van der Waals surface area contributed by atoms with Gasteiger partial charge in [-0.3, -0.25) is 0 Å². The minimum atomic E-state index is -3.56. The molecule has 0 radical (unpaired) electrons. The highest BCUT2D eigenvalue weighted by molar-refractivity contribution is 7.89. The number of nitrogens with one attached hydrogen (secondary N) is 1. The van der Waals surface area contributed by atoms with Crippen LogP contribution in [0, 0.1) is 13.8 Å². The molecule has 1 atom stereocenters. The van der Waals surface area contributed by atoms with Crippen LogP contribution in [-0.4, -0.2) is 52.7 Å². The van der Waals surface area contributed by atoms with E-state index >= 15 is 0 Å². The van der Waals surface area contributed by atoms with Gasteiger partial charge in [0.25, 0.3) is 0 Å². The fourth-order valence-electron chi connectivity index (χ4n) is 2.67. The molecule has 1 unspecified atom stereocenters. The lowest BCUT2D eigenvalue weighted by Gasteiger charge is -2.30. The van der Waals surface area contributed by atoms with E-state index in [2.05, 4.69) is 9.62 Å². The van der Waals surface area contributed by atoms with E-state index in [1.54, 1.807) is 26.0 Å². The van der Waals surface area contributed by atoms with Crippen molar-refractivity contribution in [3.8, 4) is 0 Å². The molecule has 3 N–H and O–H groups in total. The quantitative estimate of drug-likeness (QED) is 0.791. The van der Waals surface area contributed by atoms with Gasteiger partial charge in [-0.25, -0.2) is 13.1 Å². The Bertz CT molecular complexity index is 593. The molecule has 118 valence electrons. The van der Waals surface area contributed by atoms with Gasteiger partial charge in [0.1, 0.15) is 0 Å². The zero-order valence-electron chi connectivity index (χ0n) is 12.7. The number of nitrogens with two attached hydrogens (primary N) is 1. The fraction of sp³-hybridized carbons (Fsp3) is 0.571. The Morgan fingerprint density at radius 3 is 2.57 bits per heavy atom. The minimum absolute atomic E-state index is 0.118. The SMILES string of the molecule is Cc1cc(N)cc(C)c1S(=O)(=O)NCC1CN(C)CCO1. The van der Waals surface area contributed by atoms with Gasteiger partial charge >= 0.3 is 0 Å². The lowest BCUT2D eigenvalue weighted by atomic mass is 10.1. The van der Waals surface area contributed by atoms with E-state index in [0.29, 0.717) is 28.3 Å². The Morgan fingerprint density at radius 1 is 1.38 bits per heavy atom. The second-order valence-electron chi connectivity index (χ2n) is 5.59. The topological polar surface area (TPSA) is 84.7 Å². The molecule has 1 aliphatic rings. The molecule has 2 rings (SSSR count). The van der Waals surface area contributed by atoms with Gasteiger partial charge in [-0.05, 0) is 44.2 Å². The smallest absolute Gasteiger partial charge is 0.241 e. The fourth-order valence-corrected chi connectivity index (χ4v) is 4.19. The second-order valence-corrected chi connectivity index (χ2v) is 7.29. The first kappa shape index (κ1) is 16.2. The second kappa shape index (κ2) is 6.31. The van der Waals surface area contributed by atoms with Crippen LogP contribution in [0.15, 0.2) is 17.0 Å². The summed E-state index contributed by atoms with van der Waals surface area (Å²) in [6.45, 7) is 6.01. The molecule has 0 amide bonds. The highest BCUT2D eigenvalue weighted by Crippen LogP contribution is 2.22. The summed E-state index contributed by atoms with van der Waals surface area (Å²) in [5, 5.41) is 0. The molecular weight excluding hydrogens is 290 g/mol. The molecule has 0 spiro atoms. The molecule has 1 aromatic rings. The van der Waals surface area contributed by atoms with Gasteiger partial charge in [0, 0.05) is 25.3 Å². The normalized spacial score (nSPS) is 20.6. The maximum absolute atomic E-state index is 12.5. The van der Waals surface area contributed by atoms with Gasteiger partial charge in [-0.1, -0.05) is 0 Å². The van der Waals surface area contributed by atoms with Crippen LogP contribution in [-0.2, 0) is 14.8 Å². The first-order valence-corrected chi connectivity index (χ1v) is 8.44. The summed E-state index contributed by atoms with van der Waals surface area (Å²) in [5.74, 6) is 0. The highest BCUT2D eigenvalue weighted by Gasteiger charge is 2.23. The van der Waals surface area contributed by atoms with Crippen LogP contribution in [0.3, 0.4) is 0 Å². The number of aryl methyl sites for hydroxylation is 2. The van der Waals surface area contributed by atoms with Gasteiger partial charge in [-0.2, -0.15) is 0 Å². The molecule has 0 bridgehead atoms. The third-order valence-electron chi connectivity index (χ3n) is 3.59. The molecule has 7 heteroatoms. The molecule has 21 heavy (non-hydrogen) atoms. The minimum Gasteiger partial charge on any atom is -0.399 e. The number of anilines is 1. The molecule has 0 aliphatic carbocycles. The lowest BCUT2D eigenvalue weighted by Crippen LogP contribution is -2.46. The first-order chi connectivity index (χ1) is 9.79. The van der Waals surface area contributed by atoms with E-state index in [-0.39, 0.29) is 12.6 Å². The number of rotatable bonds is 4. The van der Waals surface area contributed by atoms with Crippen LogP contribution in [0.5, 0.6) is 0 Å². The van der Waals surface area contributed by atoms with Gasteiger partial charge in [0.15, 0.2) is 0 Å². The summed E-state index contributed by atoms with van der Waals surface area (Å²) in [6.07, 6.45) is -0.118. The number of hydrogen-bond donors (Lipinski definition) is 2. The Hall–Kier alpha value is -1.15. The van der Waals surface area contributed by atoms with Crippen molar-refractivity contribution in [2.24, 2.45) is 0 Å². The third kappa shape index (κ3) is 3.94. The van der Waals surface area contributed by atoms with Crippen LogP contribution < -0.4 is 10.5 Å². The van der Waals surface area contributed by atoms with Gasteiger partial charge in [0.2, 0.25) is 10.0 Å². The molecule has 0 saturated carbocycles. The van der Waals surface area contributed by atoms with Crippen LogP contribution in [0.2, 0.25) is 0 Å². The Kier molecular flexibility index (Phi) is 4.88. The van der Waals surface area contributed by atoms with Crippen molar-refractivity contribution in [2.45, 2.75) is 24.8 Å². The summed E-state index contributed by atoms with van der Waals surface area (Å²) < 4.78 is 33.2. The Labute approximate surface area is 126 Å². The van der Waals surface area contributed by atoms with E-state index < -0.39 is 10.0 Å². The van der Waals surface area contributed by atoms with Gasteiger partial charge in [0.05, 0.1) is 17.6 Å². The maximum atomic E-state index is 12.5. The van der Waals surface area contributed by atoms with Crippen LogP contribution in [0.1, 0.15) is 11.1 Å². The zero-order chi connectivity index (χ0) is 15.6. The number of sulfonamides is 1. The third-order valence-corrected chi connectivity index (χ3v) is 5.32. The molecule has 1 fully saturated rings. The zero-order valence-corrected chi connectivity index (χ0v) is 13.5. The van der Waals surface area contributed by atoms with Crippen molar-refractivity contribution < 1.29 is 13.2 Å². The monoisotopic (exact) mass is 313 g/mol. The van der Waals surface area contributed by atoms with Gasteiger partial charge in [-0.15, -0.1) is 0 Å². The van der Waals surface area contributed by atoms with Crippen LogP contribution >= 0.6 is 0 Å². The van der Waals surface area contributed by atoms with E-state index in [1.165, 1.54) is 0 Å². The van der Waals surface area contributed by atoms with Crippen LogP contribution in [0.4, 0.5) is 5.69 Å². The van der Waals surface area contributed by atoms with Crippen molar-refractivity contribution >= 4 is 15.7 Å². The van der Waals surface area contributed by atoms with Crippen molar-refractivity contribution in [3.63, 3.8) is 0 Å². The number of nitrogens with zero attached hydrogens (tertiary/aromatic N) is 1. The van der Waals surface area contributed by atoms with Crippen molar-refractivity contribution in [1.29, 1.82) is 0 Å². The molecule has 1 aromatic carbocycles. The van der Waals surface area contributed by atoms with E-state index in [0.717, 1.165) is 13.1 Å². The van der Waals surface area contributed by atoms with Crippen LogP contribution in [0.25, 0.3) is 0 Å². The standard InChI is InChI=1S/C14H23N3O3S/c1-10-6-12(15)7-11(2)14(10)21(18,19)16-8-13-9-17(3)4-5-20-13/h6-7,13,16H,4-5,8-9,15H2,1-3H3. The molecule has 0 aromatic heterocycles. The predicted molar refractivity (Wildman–Crippen MR) is 82.8 cm³/mol.